The summed E-state index contributed by atoms with van der Waals surface area (Å²) in [6.45, 7) is 4.05. The number of methoxy groups -OCH3 is 6. The Morgan fingerprint density at radius 1 is 0.533 bits per heavy atom. The first-order chi connectivity index (χ1) is 14.5. The van der Waals surface area contributed by atoms with E-state index in [0.29, 0.717) is 26.4 Å². The highest BCUT2D eigenvalue weighted by Crippen LogP contribution is 2.36. The molecule has 2 aromatic rings. The summed E-state index contributed by atoms with van der Waals surface area (Å²) in [5, 5.41) is 0. The van der Waals surface area contributed by atoms with E-state index in [1.54, 1.807) is 42.7 Å². The molecule has 0 atom stereocenters. The lowest BCUT2D eigenvalue weighted by molar-refractivity contribution is 0.173. The summed E-state index contributed by atoms with van der Waals surface area (Å²) in [5.41, 5.74) is 6.31. The zero-order valence-electron chi connectivity index (χ0n) is 19.2. The van der Waals surface area contributed by atoms with E-state index in [1.165, 1.54) is 0 Å². The highest BCUT2D eigenvalue weighted by molar-refractivity contribution is 5.50. The van der Waals surface area contributed by atoms with Crippen LogP contribution in [0, 0.1) is 0 Å². The molecule has 0 aliphatic carbocycles. The zero-order chi connectivity index (χ0) is 22.1. The van der Waals surface area contributed by atoms with Gasteiger partial charge in [-0.25, -0.2) is 0 Å². The van der Waals surface area contributed by atoms with Crippen molar-refractivity contribution in [3.05, 3.63) is 57.6 Å². The summed E-state index contributed by atoms with van der Waals surface area (Å²) in [5.74, 6) is 1.74. The van der Waals surface area contributed by atoms with Crippen molar-refractivity contribution in [1.29, 1.82) is 0 Å². The van der Waals surface area contributed by atoms with Crippen molar-refractivity contribution in [2.45, 2.75) is 39.3 Å². The summed E-state index contributed by atoms with van der Waals surface area (Å²) in [6.07, 6.45) is 0. The van der Waals surface area contributed by atoms with E-state index in [2.05, 4.69) is 31.2 Å². The molecule has 0 saturated carbocycles. The van der Waals surface area contributed by atoms with Crippen molar-refractivity contribution < 1.29 is 28.4 Å². The fourth-order valence-electron chi connectivity index (χ4n) is 3.83. The van der Waals surface area contributed by atoms with Crippen LogP contribution < -0.4 is 9.47 Å². The Morgan fingerprint density at radius 2 is 0.800 bits per heavy atom. The second kappa shape index (κ2) is 11.9. The molecule has 0 unspecified atom stereocenters. The van der Waals surface area contributed by atoms with E-state index in [1.807, 2.05) is 0 Å². The van der Waals surface area contributed by atoms with Gasteiger partial charge in [0.2, 0.25) is 0 Å². The Labute approximate surface area is 180 Å². The minimum atomic E-state index is 0.124. The molecule has 0 N–H and O–H groups in total. The van der Waals surface area contributed by atoms with Crippen molar-refractivity contribution >= 4 is 0 Å². The maximum Gasteiger partial charge on any atom is 0.129 e. The molecule has 0 aliphatic rings. The van der Waals surface area contributed by atoms with E-state index in [4.69, 9.17) is 28.4 Å². The van der Waals surface area contributed by atoms with Gasteiger partial charge in [-0.3, -0.25) is 0 Å². The van der Waals surface area contributed by atoms with Crippen LogP contribution in [0.4, 0.5) is 0 Å². The van der Waals surface area contributed by atoms with Gasteiger partial charge < -0.3 is 28.4 Å². The molecule has 0 saturated heterocycles. The standard InChI is InChI=1S/C24H34O6/c1-16(17-8-19(12-25-2)23(29-6)20(9-17)13-26-3)18-10-21(14-27-4)24(30-7)22(11-18)15-28-5/h8-11,16H,12-15H2,1-7H3. The number of rotatable bonds is 12. The molecule has 30 heavy (non-hydrogen) atoms. The Kier molecular flexibility index (Phi) is 9.59. The summed E-state index contributed by atoms with van der Waals surface area (Å²) >= 11 is 0. The highest BCUT2D eigenvalue weighted by atomic mass is 16.5. The second-order valence-corrected chi connectivity index (χ2v) is 7.20. The van der Waals surface area contributed by atoms with Crippen LogP contribution in [0.3, 0.4) is 0 Å². The number of benzene rings is 2. The van der Waals surface area contributed by atoms with E-state index in [-0.39, 0.29) is 5.92 Å². The van der Waals surface area contributed by atoms with Gasteiger partial charge in [0.1, 0.15) is 11.5 Å². The minimum absolute atomic E-state index is 0.124. The smallest absolute Gasteiger partial charge is 0.129 e. The van der Waals surface area contributed by atoms with Crippen LogP contribution in [0.2, 0.25) is 0 Å². The van der Waals surface area contributed by atoms with Gasteiger partial charge in [-0.05, 0) is 35.4 Å². The summed E-state index contributed by atoms with van der Waals surface area (Å²) in [4.78, 5) is 0. The number of hydrogen-bond donors (Lipinski definition) is 0. The molecule has 2 rings (SSSR count). The fraction of sp³-hybridized carbons (Fsp3) is 0.500. The molecule has 0 bridgehead atoms. The van der Waals surface area contributed by atoms with E-state index in [9.17, 15) is 0 Å². The van der Waals surface area contributed by atoms with Crippen molar-refractivity contribution in [3.63, 3.8) is 0 Å². The average molecular weight is 419 g/mol. The Morgan fingerprint density at radius 3 is 1.00 bits per heavy atom. The normalized spacial score (nSPS) is 11.2. The van der Waals surface area contributed by atoms with E-state index < -0.39 is 0 Å². The quantitative estimate of drug-likeness (QED) is 0.508. The molecule has 2 aromatic carbocycles. The predicted octanol–water partition coefficient (Wildman–Crippen LogP) is 4.44. The largest absolute Gasteiger partial charge is 0.496 e. The van der Waals surface area contributed by atoms with Crippen LogP contribution in [0.25, 0.3) is 0 Å². The SMILES string of the molecule is COCc1cc(C(C)c2cc(COC)c(OC)c(COC)c2)cc(COC)c1OC. The number of ether oxygens (including phenoxy) is 6. The molecular formula is C24H34O6. The van der Waals surface area contributed by atoms with Crippen LogP contribution in [-0.2, 0) is 45.4 Å². The van der Waals surface area contributed by atoms with Gasteiger partial charge in [0.15, 0.2) is 0 Å². The van der Waals surface area contributed by atoms with Crippen molar-refractivity contribution in [2.24, 2.45) is 0 Å². The third kappa shape index (κ3) is 5.52. The van der Waals surface area contributed by atoms with E-state index in [0.717, 1.165) is 44.9 Å². The Hall–Kier alpha value is -2.12. The molecule has 0 heterocycles. The lowest BCUT2D eigenvalue weighted by Crippen LogP contribution is -2.07. The monoisotopic (exact) mass is 418 g/mol. The first-order valence-corrected chi connectivity index (χ1v) is 9.89. The maximum absolute atomic E-state index is 5.64. The maximum atomic E-state index is 5.64. The first-order valence-electron chi connectivity index (χ1n) is 9.89. The molecule has 0 aliphatic heterocycles. The molecule has 166 valence electrons. The zero-order valence-corrected chi connectivity index (χ0v) is 19.2. The van der Waals surface area contributed by atoms with Crippen LogP contribution in [0.15, 0.2) is 24.3 Å². The van der Waals surface area contributed by atoms with Crippen LogP contribution in [-0.4, -0.2) is 42.7 Å². The molecule has 6 nitrogen and oxygen atoms in total. The highest BCUT2D eigenvalue weighted by Gasteiger charge is 2.19. The average Bonchev–Trinajstić information content (AvgIpc) is 2.74. The summed E-state index contributed by atoms with van der Waals surface area (Å²) in [6, 6.07) is 8.57. The van der Waals surface area contributed by atoms with E-state index >= 15 is 0 Å². The van der Waals surface area contributed by atoms with Gasteiger partial charge in [0, 0.05) is 56.6 Å². The van der Waals surface area contributed by atoms with Gasteiger partial charge in [0.25, 0.3) is 0 Å². The third-order valence-corrected chi connectivity index (χ3v) is 5.14. The molecule has 0 amide bonds. The van der Waals surface area contributed by atoms with Gasteiger partial charge in [-0.1, -0.05) is 6.92 Å². The summed E-state index contributed by atoms with van der Waals surface area (Å²) in [7, 11) is 10.1. The topological polar surface area (TPSA) is 55.4 Å². The van der Waals surface area contributed by atoms with Crippen molar-refractivity contribution in [1.82, 2.24) is 0 Å². The molecule has 0 spiro atoms. The first kappa shape index (κ1) is 24.2. The van der Waals surface area contributed by atoms with Crippen LogP contribution >= 0.6 is 0 Å². The van der Waals surface area contributed by atoms with Gasteiger partial charge >= 0.3 is 0 Å². The molecule has 0 fully saturated rings. The van der Waals surface area contributed by atoms with Gasteiger partial charge in [0.05, 0.1) is 40.6 Å². The molecule has 0 aromatic heterocycles. The lowest BCUT2D eigenvalue weighted by atomic mass is 9.88. The van der Waals surface area contributed by atoms with Crippen LogP contribution in [0.5, 0.6) is 11.5 Å². The Bertz CT molecular complexity index is 696. The van der Waals surface area contributed by atoms with Crippen molar-refractivity contribution in [3.8, 4) is 11.5 Å². The second-order valence-electron chi connectivity index (χ2n) is 7.20. The lowest BCUT2D eigenvalue weighted by Gasteiger charge is -2.22. The number of hydrogen-bond acceptors (Lipinski definition) is 6. The summed E-state index contributed by atoms with van der Waals surface area (Å²) < 4.78 is 32.9. The van der Waals surface area contributed by atoms with Gasteiger partial charge in [-0.2, -0.15) is 0 Å². The van der Waals surface area contributed by atoms with Gasteiger partial charge in [-0.15, -0.1) is 0 Å². The van der Waals surface area contributed by atoms with Crippen LogP contribution in [0.1, 0.15) is 46.2 Å². The Balaban J connectivity index is 2.59. The fourth-order valence-corrected chi connectivity index (χ4v) is 3.83. The third-order valence-electron chi connectivity index (χ3n) is 5.14. The predicted molar refractivity (Wildman–Crippen MR) is 116 cm³/mol. The molecular weight excluding hydrogens is 384 g/mol. The minimum Gasteiger partial charge on any atom is -0.496 e. The molecule has 6 heteroatoms. The van der Waals surface area contributed by atoms with Crippen molar-refractivity contribution in [2.75, 3.05) is 42.7 Å². The molecule has 0 radical (unpaired) electrons.